The van der Waals surface area contributed by atoms with E-state index in [1.54, 1.807) is 6.92 Å². The van der Waals surface area contributed by atoms with Crippen molar-refractivity contribution in [2.75, 3.05) is 6.61 Å². The summed E-state index contributed by atoms with van der Waals surface area (Å²) < 4.78 is 4.78. The molecule has 0 unspecified atom stereocenters. The Morgan fingerprint density at radius 2 is 2.12 bits per heavy atom. The predicted molar refractivity (Wildman–Crippen MR) is 66.9 cm³/mol. The smallest absolute Gasteiger partial charge is 0.427 e. The maximum Gasteiger partial charge on any atom is 0.427 e. The molecule has 0 aromatic rings. The molecule has 2 rings (SSSR count). The molecule has 17 heavy (non-hydrogen) atoms. The summed E-state index contributed by atoms with van der Waals surface area (Å²) in [6.07, 6.45) is 8.39. The third-order valence-corrected chi connectivity index (χ3v) is 3.95. The molecule has 96 valence electrons. The Labute approximate surface area is 103 Å². The monoisotopic (exact) mass is 238 g/mol. The van der Waals surface area contributed by atoms with Gasteiger partial charge in [-0.15, -0.1) is 0 Å². The van der Waals surface area contributed by atoms with Crippen LogP contribution in [0.5, 0.6) is 0 Å². The highest BCUT2D eigenvalue weighted by Crippen LogP contribution is 2.39. The highest BCUT2D eigenvalue weighted by molar-refractivity contribution is 5.86. The van der Waals surface area contributed by atoms with Crippen molar-refractivity contribution in [3.05, 3.63) is 0 Å². The molecule has 0 aromatic carbocycles. The molecule has 0 heterocycles. The van der Waals surface area contributed by atoms with Crippen molar-refractivity contribution in [1.82, 2.24) is 5.43 Å². The van der Waals surface area contributed by atoms with Crippen LogP contribution in [0, 0.1) is 11.8 Å². The molecule has 4 nitrogen and oxygen atoms in total. The average Bonchev–Trinajstić information content (AvgIpc) is 2.36. The van der Waals surface area contributed by atoms with Gasteiger partial charge in [0.1, 0.15) is 0 Å². The third kappa shape index (κ3) is 3.45. The van der Waals surface area contributed by atoms with Gasteiger partial charge in [-0.2, -0.15) is 5.10 Å². The van der Waals surface area contributed by atoms with E-state index in [0.29, 0.717) is 6.61 Å². The second-order valence-corrected chi connectivity index (χ2v) is 5.06. The molecule has 2 aliphatic rings. The van der Waals surface area contributed by atoms with E-state index in [1.165, 1.54) is 32.1 Å². The van der Waals surface area contributed by atoms with Crippen LogP contribution in [0.1, 0.15) is 51.9 Å². The first kappa shape index (κ1) is 12.4. The van der Waals surface area contributed by atoms with E-state index in [2.05, 4.69) is 10.5 Å². The van der Waals surface area contributed by atoms with Gasteiger partial charge in [-0.1, -0.05) is 19.3 Å². The number of fused-ring (bicyclic) bond motifs is 1. The number of nitrogens with zero attached hydrogens (tertiary/aromatic N) is 1. The van der Waals surface area contributed by atoms with Crippen molar-refractivity contribution in [2.45, 2.75) is 51.9 Å². The number of hydrogen-bond donors (Lipinski definition) is 1. The Hall–Kier alpha value is -1.06. The lowest BCUT2D eigenvalue weighted by Gasteiger charge is -2.35. The highest BCUT2D eigenvalue weighted by Gasteiger charge is 2.30. The van der Waals surface area contributed by atoms with Crippen LogP contribution in [0.2, 0.25) is 0 Å². The van der Waals surface area contributed by atoms with Crippen molar-refractivity contribution in [1.29, 1.82) is 0 Å². The van der Waals surface area contributed by atoms with E-state index in [4.69, 9.17) is 4.74 Å². The van der Waals surface area contributed by atoms with Crippen LogP contribution in [-0.2, 0) is 4.74 Å². The van der Waals surface area contributed by atoms with Crippen LogP contribution in [0.4, 0.5) is 4.79 Å². The van der Waals surface area contributed by atoms with E-state index in [9.17, 15) is 4.79 Å². The molecule has 2 aliphatic carbocycles. The topological polar surface area (TPSA) is 50.7 Å². The van der Waals surface area contributed by atoms with E-state index < -0.39 is 6.09 Å². The quantitative estimate of drug-likeness (QED) is 0.752. The molecular weight excluding hydrogens is 216 g/mol. The largest absolute Gasteiger partial charge is 0.449 e. The van der Waals surface area contributed by atoms with Gasteiger partial charge in [-0.25, -0.2) is 10.2 Å². The summed E-state index contributed by atoms with van der Waals surface area (Å²) >= 11 is 0. The molecule has 0 radical (unpaired) electrons. The lowest BCUT2D eigenvalue weighted by Crippen LogP contribution is -2.29. The zero-order valence-electron chi connectivity index (χ0n) is 10.6. The minimum Gasteiger partial charge on any atom is -0.449 e. The summed E-state index contributed by atoms with van der Waals surface area (Å²) in [6.45, 7) is 2.18. The van der Waals surface area contributed by atoms with Gasteiger partial charge >= 0.3 is 6.09 Å². The SMILES string of the molecule is CCOC(=O)N/N=C1/CC[C@@H]2CCCC[C@H]2C1. The van der Waals surface area contributed by atoms with Crippen molar-refractivity contribution in [2.24, 2.45) is 16.9 Å². The molecule has 2 saturated carbocycles. The third-order valence-electron chi connectivity index (χ3n) is 3.95. The number of carbonyl (C=O) groups excluding carboxylic acids is 1. The summed E-state index contributed by atoms with van der Waals surface area (Å²) in [5.41, 5.74) is 3.62. The average molecular weight is 238 g/mol. The normalized spacial score (nSPS) is 30.8. The summed E-state index contributed by atoms with van der Waals surface area (Å²) in [6, 6.07) is 0. The molecule has 2 atom stereocenters. The number of rotatable bonds is 2. The number of hydrazone groups is 1. The van der Waals surface area contributed by atoms with E-state index >= 15 is 0 Å². The zero-order valence-corrected chi connectivity index (χ0v) is 10.6. The van der Waals surface area contributed by atoms with Gasteiger partial charge < -0.3 is 4.74 Å². The minimum absolute atomic E-state index is 0.390. The van der Waals surface area contributed by atoms with Crippen LogP contribution < -0.4 is 5.43 Å². The summed E-state index contributed by atoms with van der Waals surface area (Å²) in [7, 11) is 0. The van der Waals surface area contributed by atoms with Gasteiger partial charge in [0, 0.05) is 5.71 Å². The maximum absolute atomic E-state index is 11.1. The first-order valence-corrected chi connectivity index (χ1v) is 6.77. The van der Waals surface area contributed by atoms with Crippen LogP contribution in [-0.4, -0.2) is 18.4 Å². The zero-order chi connectivity index (χ0) is 12.1. The van der Waals surface area contributed by atoms with Crippen molar-refractivity contribution < 1.29 is 9.53 Å². The highest BCUT2D eigenvalue weighted by atomic mass is 16.5. The Balaban J connectivity index is 1.82. The lowest BCUT2D eigenvalue weighted by atomic mass is 9.70. The van der Waals surface area contributed by atoms with Crippen molar-refractivity contribution >= 4 is 11.8 Å². The Bertz CT molecular complexity index is 302. The molecule has 1 N–H and O–H groups in total. The minimum atomic E-state index is -0.439. The fourth-order valence-corrected chi connectivity index (χ4v) is 3.08. The first-order valence-electron chi connectivity index (χ1n) is 6.77. The molecule has 2 fully saturated rings. The number of amides is 1. The fourth-order valence-electron chi connectivity index (χ4n) is 3.08. The first-order chi connectivity index (χ1) is 8.29. The van der Waals surface area contributed by atoms with Crippen LogP contribution in [0.25, 0.3) is 0 Å². The van der Waals surface area contributed by atoms with Crippen molar-refractivity contribution in [3.63, 3.8) is 0 Å². The van der Waals surface area contributed by atoms with Gasteiger partial charge in [-0.3, -0.25) is 0 Å². The fraction of sp³-hybridized carbons (Fsp3) is 0.846. The summed E-state index contributed by atoms with van der Waals surface area (Å²) in [4.78, 5) is 11.1. The van der Waals surface area contributed by atoms with Gasteiger partial charge in [0.25, 0.3) is 0 Å². The summed E-state index contributed by atoms with van der Waals surface area (Å²) in [5, 5.41) is 4.18. The molecule has 0 aliphatic heterocycles. The van der Waals surface area contributed by atoms with E-state index in [1.807, 2.05) is 0 Å². The second kappa shape index (κ2) is 6.03. The van der Waals surface area contributed by atoms with Gasteiger partial charge in [0.2, 0.25) is 0 Å². The Morgan fingerprint density at radius 3 is 2.88 bits per heavy atom. The predicted octanol–water partition coefficient (Wildman–Crippen LogP) is 3.08. The second-order valence-electron chi connectivity index (χ2n) is 5.06. The van der Waals surface area contributed by atoms with Gasteiger partial charge in [-0.05, 0) is 44.4 Å². The molecule has 0 bridgehead atoms. The molecule has 1 amide bonds. The van der Waals surface area contributed by atoms with Gasteiger partial charge in [0.15, 0.2) is 0 Å². The standard InChI is InChI=1S/C13H22N2O2/c1-2-17-13(16)15-14-12-8-7-10-5-3-4-6-11(10)9-12/h10-11H,2-9H2,1H3,(H,15,16)/b14-12-/t10-,11-/m0/s1. The number of carbonyl (C=O) groups is 1. The maximum atomic E-state index is 11.1. The molecule has 4 heteroatoms. The van der Waals surface area contributed by atoms with Gasteiger partial charge in [0.05, 0.1) is 6.61 Å². The molecule has 0 aromatic heterocycles. The van der Waals surface area contributed by atoms with Crippen LogP contribution in [0.3, 0.4) is 0 Å². The number of nitrogens with one attached hydrogen (secondary N) is 1. The lowest BCUT2D eigenvalue weighted by molar-refractivity contribution is 0.152. The van der Waals surface area contributed by atoms with E-state index in [-0.39, 0.29) is 0 Å². The molecular formula is C13H22N2O2. The molecule has 0 spiro atoms. The van der Waals surface area contributed by atoms with E-state index in [0.717, 1.165) is 30.4 Å². The summed E-state index contributed by atoms with van der Waals surface area (Å²) in [5.74, 6) is 1.71. The number of ether oxygens (including phenoxy) is 1. The molecule has 0 saturated heterocycles. The van der Waals surface area contributed by atoms with Crippen LogP contribution >= 0.6 is 0 Å². The number of hydrogen-bond acceptors (Lipinski definition) is 3. The van der Waals surface area contributed by atoms with Crippen molar-refractivity contribution in [3.8, 4) is 0 Å². The van der Waals surface area contributed by atoms with Crippen LogP contribution in [0.15, 0.2) is 5.10 Å². The Kier molecular flexibility index (Phi) is 4.40. The Morgan fingerprint density at radius 1 is 1.35 bits per heavy atom.